The van der Waals surface area contributed by atoms with Gasteiger partial charge in [0.25, 0.3) is 0 Å². The number of nitrogens with zero attached hydrogens (tertiary/aromatic N) is 1. The third kappa shape index (κ3) is 3.85. The van der Waals surface area contributed by atoms with Crippen LogP contribution >= 0.6 is 11.6 Å². The Bertz CT molecular complexity index is 428. The van der Waals surface area contributed by atoms with E-state index in [2.05, 4.69) is 23.2 Å². The summed E-state index contributed by atoms with van der Waals surface area (Å²) in [5.41, 5.74) is 2.31. The van der Waals surface area contributed by atoms with E-state index >= 15 is 0 Å². The quantitative estimate of drug-likeness (QED) is 0.789. The van der Waals surface area contributed by atoms with E-state index in [9.17, 15) is 5.11 Å². The Morgan fingerprint density at radius 1 is 1.50 bits per heavy atom. The van der Waals surface area contributed by atoms with Crippen molar-refractivity contribution in [2.75, 3.05) is 37.8 Å². The highest BCUT2D eigenvalue weighted by Crippen LogP contribution is 2.28. The zero-order valence-electron chi connectivity index (χ0n) is 11.9. The number of benzene rings is 1. The third-order valence-corrected chi connectivity index (χ3v) is 3.77. The summed E-state index contributed by atoms with van der Waals surface area (Å²) in [6.07, 6.45) is 1.11. The summed E-state index contributed by atoms with van der Waals surface area (Å²) < 4.78 is 5.44. The van der Waals surface area contributed by atoms with Crippen molar-refractivity contribution in [3.05, 3.63) is 28.8 Å². The molecule has 1 heterocycles. The minimum Gasteiger partial charge on any atom is -0.394 e. The van der Waals surface area contributed by atoms with Crippen LogP contribution in [0.15, 0.2) is 18.2 Å². The molecule has 1 aliphatic heterocycles. The fourth-order valence-corrected chi connectivity index (χ4v) is 2.64. The van der Waals surface area contributed by atoms with Crippen LogP contribution < -0.4 is 10.2 Å². The molecule has 112 valence electrons. The van der Waals surface area contributed by atoms with Gasteiger partial charge in [-0.3, -0.25) is 0 Å². The topological polar surface area (TPSA) is 44.7 Å². The van der Waals surface area contributed by atoms with Crippen LogP contribution in [0.3, 0.4) is 0 Å². The van der Waals surface area contributed by atoms with Gasteiger partial charge in [0, 0.05) is 23.8 Å². The Labute approximate surface area is 125 Å². The van der Waals surface area contributed by atoms with Crippen molar-refractivity contribution in [3.63, 3.8) is 0 Å². The number of ether oxygens (including phenoxy) is 1. The molecule has 0 amide bonds. The summed E-state index contributed by atoms with van der Waals surface area (Å²) >= 11 is 6.15. The lowest BCUT2D eigenvalue weighted by atomic mass is 10.1. The lowest BCUT2D eigenvalue weighted by Gasteiger charge is -2.37. The molecule has 0 saturated carbocycles. The van der Waals surface area contributed by atoms with E-state index in [1.807, 2.05) is 12.1 Å². The monoisotopic (exact) mass is 298 g/mol. The number of hydrogen-bond donors (Lipinski definition) is 2. The minimum atomic E-state index is 0.00661. The third-order valence-electron chi connectivity index (χ3n) is 3.54. The first kappa shape index (κ1) is 15.6. The molecule has 1 aromatic carbocycles. The Kier molecular flexibility index (Phi) is 6.10. The van der Waals surface area contributed by atoms with Gasteiger partial charge in [0.05, 0.1) is 25.9 Å². The smallest absolute Gasteiger partial charge is 0.0755 e. The SMILES string of the molecule is CCCNCc1ccc(Cl)cc1N1CCOCC1CO. The van der Waals surface area contributed by atoms with Crippen LogP contribution in [0.2, 0.25) is 5.02 Å². The van der Waals surface area contributed by atoms with E-state index in [0.717, 1.165) is 36.8 Å². The first-order valence-corrected chi connectivity index (χ1v) is 7.58. The maximum atomic E-state index is 9.53. The van der Waals surface area contributed by atoms with Gasteiger partial charge < -0.3 is 20.1 Å². The van der Waals surface area contributed by atoms with Crippen LogP contribution in [0, 0.1) is 0 Å². The predicted octanol–water partition coefficient (Wildman–Crippen LogP) is 2.04. The summed E-state index contributed by atoms with van der Waals surface area (Å²) in [4.78, 5) is 2.21. The number of aliphatic hydroxyl groups excluding tert-OH is 1. The molecule has 0 radical (unpaired) electrons. The molecule has 2 N–H and O–H groups in total. The number of rotatable bonds is 6. The second-order valence-corrected chi connectivity index (χ2v) is 5.49. The predicted molar refractivity (Wildman–Crippen MR) is 82.5 cm³/mol. The zero-order valence-corrected chi connectivity index (χ0v) is 12.7. The van der Waals surface area contributed by atoms with E-state index in [-0.39, 0.29) is 12.6 Å². The number of hydrogen-bond acceptors (Lipinski definition) is 4. The average molecular weight is 299 g/mol. The Morgan fingerprint density at radius 3 is 3.10 bits per heavy atom. The summed E-state index contributed by atoms with van der Waals surface area (Å²) in [6.45, 7) is 6.08. The standard InChI is InChI=1S/C15H23ClN2O2/c1-2-5-17-9-12-3-4-13(16)8-15(12)18-6-7-20-11-14(18)10-19/h3-4,8,14,17,19H,2,5-7,9-11H2,1H3. The van der Waals surface area contributed by atoms with Gasteiger partial charge in [-0.1, -0.05) is 24.6 Å². The maximum absolute atomic E-state index is 9.53. The molecule has 1 unspecified atom stereocenters. The molecular weight excluding hydrogens is 276 g/mol. The number of halogens is 1. The Morgan fingerprint density at radius 2 is 2.35 bits per heavy atom. The first-order valence-electron chi connectivity index (χ1n) is 7.20. The van der Waals surface area contributed by atoms with Gasteiger partial charge >= 0.3 is 0 Å². The zero-order chi connectivity index (χ0) is 14.4. The van der Waals surface area contributed by atoms with Crippen molar-refractivity contribution >= 4 is 17.3 Å². The number of aliphatic hydroxyl groups is 1. The molecule has 0 spiro atoms. The van der Waals surface area contributed by atoms with Crippen LogP contribution in [-0.2, 0) is 11.3 Å². The van der Waals surface area contributed by atoms with Crippen LogP contribution in [-0.4, -0.2) is 44.1 Å². The van der Waals surface area contributed by atoms with E-state index in [1.165, 1.54) is 5.56 Å². The van der Waals surface area contributed by atoms with Gasteiger partial charge in [0.1, 0.15) is 0 Å². The molecule has 20 heavy (non-hydrogen) atoms. The van der Waals surface area contributed by atoms with Gasteiger partial charge in [-0.15, -0.1) is 0 Å². The highest BCUT2D eigenvalue weighted by Gasteiger charge is 2.24. The Balaban J connectivity index is 2.20. The van der Waals surface area contributed by atoms with Crippen molar-refractivity contribution < 1.29 is 9.84 Å². The fourth-order valence-electron chi connectivity index (χ4n) is 2.48. The Hall–Kier alpha value is -0.810. The van der Waals surface area contributed by atoms with Crippen LogP contribution in [0.5, 0.6) is 0 Å². The average Bonchev–Trinajstić information content (AvgIpc) is 2.49. The van der Waals surface area contributed by atoms with Gasteiger partial charge in [0.15, 0.2) is 0 Å². The molecule has 2 rings (SSSR count). The molecular formula is C15H23ClN2O2. The highest BCUT2D eigenvalue weighted by molar-refractivity contribution is 6.30. The molecule has 4 nitrogen and oxygen atoms in total. The molecule has 1 atom stereocenters. The van der Waals surface area contributed by atoms with Crippen molar-refractivity contribution in [3.8, 4) is 0 Å². The lowest BCUT2D eigenvalue weighted by molar-refractivity contribution is 0.0726. The first-order chi connectivity index (χ1) is 9.76. The van der Waals surface area contributed by atoms with E-state index in [1.54, 1.807) is 0 Å². The minimum absolute atomic E-state index is 0.00661. The van der Waals surface area contributed by atoms with Crippen LogP contribution in [0.4, 0.5) is 5.69 Å². The van der Waals surface area contributed by atoms with Crippen LogP contribution in [0.25, 0.3) is 0 Å². The van der Waals surface area contributed by atoms with Crippen molar-refractivity contribution in [2.24, 2.45) is 0 Å². The largest absolute Gasteiger partial charge is 0.394 e. The van der Waals surface area contributed by atoms with Gasteiger partial charge in [-0.05, 0) is 30.7 Å². The number of nitrogens with one attached hydrogen (secondary N) is 1. The molecule has 0 bridgehead atoms. The molecule has 1 saturated heterocycles. The molecule has 5 heteroatoms. The highest BCUT2D eigenvalue weighted by atomic mass is 35.5. The van der Waals surface area contributed by atoms with Gasteiger partial charge in [-0.25, -0.2) is 0 Å². The lowest BCUT2D eigenvalue weighted by Crippen LogP contribution is -2.48. The molecule has 1 aliphatic rings. The second-order valence-electron chi connectivity index (χ2n) is 5.05. The van der Waals surface area contributed by atoms with Crippen molar-refractivity contribution in [1.29, 1.82) is 0 Å². The molecule has 0 aliphatic carbocycles. The summed E-state index contributed by atoms with van der Waals surface area (Å²) in [6, 6.07) is 5.97. The maximum Gasteiger partial charge on any atom is 0.0755 e. The van der Waals surface area contributed by atoms with E-state index in [0.29, 0.717) is 13.2 Å². The number of anilines is 1. The van der Waals surface area contributed by atoms with Crippen molar-refractivity contribution in [2.45, 2.75) is 25.9 Å². The fraction of sp³-hybridized carbons (Fsp3) is 0.600. The van der Waals surface area contributed by atoms with E-state index in [4.69, 9.17) is 16.3 Å². The summed E-state index contributed by atoms with van der Waals surface area (Å²) in [7, 11) is 0. The van der Waals surface area contributed by atoms with Gasteiger partial charge in [0.2, 0.25) is 0 Å². The summed E-state index contributed by atoms with van der Waals surface area (Å²) in [5.74, 6) is 0. The molecule has 1 fully saturated rings. The molecule has 0 aromatic heterocycles. The van der Waals surface area contributed by atoms with E-state index < -0.39 is 0 Å². The normalized spacial score (nSPS) is 19.4. The molecule has 1 aromatic rings. The second kappa shape index (κ2) is 7.84. The van der Waals surface area contributed by atoms with Crippen molar-refractivity contribution in [1.82, 2.24) is 5.32 Å². The van der Waals surface area contributed by atoms with Crippen LogP contribution in [0.1, 0.15) is 18.9 Å². The number of morpholine rings is 1. The van der Waals surface area contributed by atoms with Gasteiger partial charge in [-0.2, -0.15) is 0 Å². The summed E-state index contributed by atoms with van der Waals surface area (Å²) in [5, 5.41) is 13.7.